The molecule has 0 aliphatic heterocycles. The lowest BCUT2D eigenvalue weighted by Crippen LogP contribution is -2.18. The molecule has 0 unspecified atom stereocenters. The molecule has 36 heavy (non-hydrogen) atoms. The Morgan fingerprint density at radius 2 is 1.25 bits per heavy atom. The van der Waals surface area contributed by atoms with Gasteiger partial charge in [-0.05, 0) is 58.4 Å². The van der Waals surface area contributed by atoms with Crippen molar-refractivity contribution in [2.45, 2.75) is 124 Å². The lowest BCUT2D eigenvalue weighted by molar-refractivity contribution is -0.136. The van der Waals surface area contributed by atoms with Gasteiger partial charge in [-0.1, -0.05) is 117 Å². The quantitative estimate of drug-likeness (QED) is 0.271. The van der Waals surface area contributed by atoms with Crippen molar-refractivity contribution in [2.75, 3.05) is 0 Å². The van der Waals surface area contributed by atoms with Crippen LogP contribution in [0.2, 0.25) is 0 Å². The summed E-state index contributed by atoms with van der Waals surface area (Å²) in [5.41, 5.74) is 3.47. The number of aliphatic carboxylic acids is 1. The van der Waals surface area contributed by atoms with Gasteiger partial charge in [-0.25, -0.2) is 0 Å². The Bertz CT molecular complexity index is 897. The molecule has 202 valence electrons. The summed E-state index contributed by atoms with van der Waals surface area (Å²) in [6, 6.07) is 11.5. The number of aryl methyl sites for hydroxylation is 2. The summed E-state index contributed by atoms with van der Waals surface area (Å²) in [7, 11) is 0. The van der Waals surface area contributed by atoms with Crippen LogP contribution in [0, 0.1) is 0 Å². The summed E-state index contributed by atoms with van der Waals surface area (Å²) in [4.78, 5) is 10.8. The maximum atomic E-state index is 10.8. The molecular weight excluding hydrogens is 448 g/mol. The van der Waals surface area contributed by atoms with Crippen LogP contribution < -0.4 is 0 Å². The van der Waals surface area contributed by atoms with Crippen LogP contribution in [-0.2, 0) is 28.5 Å². The number of aromatic hydroxyl groups is 2. The first-order valence-corrected chi connectivity index (χ1v) is 13.6. The molecule has 0 radical (unpaired) electrons. The minimum absolute atomic E-state index is 0.109. The largest absolute Gasteiger partial charge is 0.508 e. The number of carbonyl (C=O) groups is 1. The van der Waals surface area contributed by atoms with E-state index in [-0.39, 0.29) is 17.3 Å². The van der Waals surface area contributed by atoms with Crippen molar-refractivity contribution in [3.8, 4) is 11.5 Å². The molecule has 0 aliphatic rings. The van der Waals surface area contributed by atoms with E-state index < -0.39 is 5.97 Å². The first-order chi connectivity index (χ1) is 16.8. The van der Waals surface area contributed by atoms with Gasteiger partial charge in [0.05, 0.1) is 0 Å². The fourth-order valence-electron chi connectivity index (χ4n) is 4.23. The Hall–Kier alpha value is -2.49. The van der Waals surface area contributed by atoms with Crippen molar-refractivity contribution in [1.82, 2.24) is 0 Å². The smallest absolute Gasteiger partial charge is 0.303 e. The van der Waals surface area contributed by atoms with Crippen molar-refractivity contribution >= 4 is 5.97 Å². The Balaban J connectivity index is 0.000000369. The average molecular weight is 499 g/mol. The molecule has 0 amide bonds. The summed E-state index contributed by atoms with van der Waals surface area (Å²) in [6.45, 7) is 14.6. The number of rotatable bonds is 11. The summed E-state index contributed by atoms with van der Waals surface area (Å²) in [6.07, 6.45) is 10.9. The van der Waals surface area contributed by atoms with E-state index in [4.69, 9.17) is 5.11 Å². The van der Waals surface area contributed by atoms with E-state index in [0.717, 1.165) is 28.7 Å². The molecule has 0 aromatic heterocycles. The van der Waals surface area contributed by atoms with Crippen molar-refractivity contribution in [3.05, 3.63) is 58.7 Å². The SMILES string of the molecule is CC(C)(C)c1cc(CCC(=O)O)cc(C(C)(C)C)c1O.CCCCCCCCCc1ccccc1O. The highest BCUT2D eigenvalue weighted by atomic mass is 16.4. The normalized spacial score (nSPS) is 11.6. The zero-order valence-corrected chi connectivity index (χ0v) is 23.8. The van der Waals surface area contributed by atoms with Gasteiger partial charge in [0.1, 0.15) is 11.5 Å². The second kappa shape index (κ2) is 14.9. The maximum Gasteiger partial charge on any atom is 0.303 e. The molecule has 0 aliphatic carbocycles. The van der Waals surface area contributed by atoms with E-state index in [0.29, 0.717) is 17.9 Å². The van der Waals surface area contributed by atoms with Crippen molar-refractivity contribution < 1.29 is 20.1 Å². The van der Waals surface area contributed by atoms with E-state index in [1.165, 1.54) is 44.9 Å². The third-order valence-corrected chi connectivity index (χ3v) is 6.45. The van der Waals surface area contributed by atoms with Gasteiger partial charge in [0.2, 0.25) is 0 Å². The van der Waals surface area contributed by atoms with Crippen molar-refractivity contribution in [2.24, 2.45) is 0 Å². The Morgan fingerprint density at radius 3 is 1.72 bits per heavy atom. The molecule has 0 saturated carbocycles. The van der Waals surface area contributed by atoms with Crippen LogP contribution >= 0.6 is 0 Å². The van der Waals surface area contributed by atoms with Gasteiger partial charge in [0.15, 0.2) is 0 Å². The number of hydrogen-bond acceptors (Lipinski definition) is 3. The standard InChI is InChI=1S/C17H26O3.C15H24O/c1-16(2,3)12-9-11(7-8-14(18)19)10-13(15(12)20)17(4,5)6;1-2-3-4-5-6-7-8-11-14-12-9-10-13-15(14)16/h9-10,20H,7-8H2,1-6H3,(H,18,19);9-10,12-13,16H,2-8,11H2,1H3. The van der Waals surface area contributed by atoms with Crippen LogP contribution in [0.3, 0.4) is 0 Å². The van der Waals surface area contributed by atoms with Crippen LogP contribution in [0.4, 0.5) is 0 Å². The predicted molar refractivity (Wildman–Crippen MR) is 151 cm³/mol. The number of phenols is 2. The van der Waals surface area contributed by atoms with Crippen LogP contribution in [0.15, 0.2) is 36.4 Å². The molecule has 2 rings (SSSR count). The molecular formula is C32H50O4. The molecule has 2 aromatic rings. The third-order valence-electron chi connectivity index (χ3n) is 6.45. The van der Waals surface area contributed by atoms with Crippen LogP contribution in [0.25, 0.3) is 0 Å². The fraction of sp³-hybridized carbons (Fsp3) is 0.594. The predicted octanol–water partition coefficient (Wildman–Crippen LogP) is 8.69. The molecule has 4 heteroatoms. The number of phenolic OH excluding ortho intramolecular Hbond substituents is 2. The van der Waals surface area contributed by atoms with Crippen molar-refractivity contribution in [1.29, 1.82) is 0 Å². The molecule has 0 heterocycles. The molecule has 4 nitrogen and oxygen atoms in total. The minimum atomic E-state index is -0.798. The zero-order chi connectivity index (χ0) is 27.4. The van der Waals surface area contributed by atoms with Crippen LogP contribution in [0.5, 0.6) is 11.5 Å². The molecule has 3 N–H and O–H groups in total. The average Bonchev–Trinajstić information content (AvgIpc) is 2.77. The van der Waals surface area contributed by atoms with E-state index in [2.05, 4.69) is 48.5 Å². The molecule has 0 bridgehead atoms. The molecule has 2 aromatic carbocycles. The maximum absolute atomic E-state index is 10.8. The third kappa shape index (κ3) is 11.5. The number of carboxylic acid groups (broad SMARTS) is 1. The minimum Gasteiger partial charge on any atom is -0.508 e. The summed E-state index contributed by atoms with van der Waals surface area (Å²) >= 11 is 0. The number of para-hydroxylation sites is 1. The second-order valence-corrected chi connectivity index (χ2v) is 11.9. The number of benzene rings is 2. The highest BCUT2D eigenvalue weighted by molar-refractivity contribution is 5.67. The molecule has 0 atom stereocenters. The first kappa shape index (κ1) is 31.5. The van der Waals surface area contributed by atoms with Gasteiger partial charge in [0.25, 0.3) is 0 Å². The first-order valence-electron chi connectivity index (χ1n) is 13.6. The van der Waals surface area contributed by atoms with E-state index >= 15 is 0 Å². The van der Waals surface area contributed by atoms with Gasteiger partial charge in [-0.2, -0.15) is 0 Å². The topological polar surface area (TPSA) is 77.8 Å². The Kier molecular flexibility index (Phi) is 13.1. The lowest BCUT2D eigenvalue weighted by Gasteiger charge is -2.28. The Labute approximate surface area is 219 Å². The van der Waals surface area contributed by atoms with Gasteiger partial charge >= 0.3 is 5.97 Å². The van der Waals surface area contributed by atoms with Crippen LogP contribution in [-0.4, -0.2) is 21.3 Å². The van der Waals surface area contributed by atoms with Crippen LogP contribution in [0.1, 0.15) is 122 Å². The summed E-state index contributed by atoms with van der Waals surface area (Å²) < 4.78 is 0. The van der Waals surface area contributed by atoms with Crippen molar-refractivity contribution in [3.63, 3.8) is 0 Å². The Morgan fingerprint density at radius 1 is 0.750 bits per heavy atom. The molecule has 0 saturated heterocycles. The summed E-state index contributed by atoms with van der Waals surface area (Å²) in [5.74, 6) is -0.00903. The zero-order valence-electron chi connectivity index (χ0n) is 23.8. The summed E-state index contributed by atoms with van der Waals surface area (Å²) in [5, 5.41) is 29.0. The van der Waals surface area contributed by atoms with E-state index in [9.17, 15) is 15.0 Å². The number of unbranched alkanes of at least 4 members (excludes halogenated alkanes) is 6. The van der Waals surface area contributed by atoms with Gasteiger partial charge in [-0.3, -0.25) is 4.79 Å². The molecule has 0 spiro atoms. The lowest BCUT2D eigenvalue weighted by atomic mass is 9.78. The highest BCUT2D eigenvalue weighted by Crippen LogP contribution is 2.40. The fourth-order valence-corrected chi connectivity index (χ4v) is 4.23. The monoisotopic (exact) mass is 498 g/mol. The van der Waals surface area contributed by atoms with Gasteiger partial charge in [-0.15, -0.1) is 0 Å². The molecule has 0 fully saturated rings. The van der Waals surface area contributed by atoms with Gasteiger partial charge < -0.3 is 15.3 Å². The number of carboxylic acids is 1. The second-order valence-electron chi connectivity index (χ2n) is 11.9. The van der Waals surface area contributed by atoms with E-state index in [1.54, 1.807) is 6.07 Å². The highest BCUT2D eigenvalue weighted by Gasteiger charge is 2.26. The van der Waals surface area contributed by atoms with Gasteiger partial charge in [0, 0.05) is 6.42 Å². The number of hydrogen-bond donors (Lipinski definition) is 3. The van der Waals surface area contributed by atoms with E-state index in [1.807, 2.05) is 30.3 Å².